The molecule has 0 saturated carbocycles. The largest absolute Gasteiger partial charge is 0.496 e. The first-order valence-electron chi connectivity index (χ1n) is 13.0. The fourth-order valence-corrected chi connectivity index (χ4v) is 6.04. The van der Waals surface area contributed by atoms with Gasteiger partial charge in [-0.05, 0) is 37.5 Å². The normalized spacial score (nSPS) is 18.2. The standard InChI is InChI=1S/C27H30F2N6O4S/c1-39-21-3-2-17(10-18(21)11-28)24-22(15-34-7-6-19(29)14-34)40-27(32-24)33-25(36)20-12-31-23(13-30-20)35-8-4-16(5-9-35)26(37)38/h2-3,10,12-13,16,19H,4-9,11,14-15H2,1H3,(H,37,38)(H,32,33,36)/t19-/m1/s1. The van der Waals surface area contributed by atoms with E-state index in [1.807, 2.05) is 9.80 Å². The lowest BCUT2D eigenvalue weighted by molar-refractivity contribution is -0.142. The van der Waals surface area contributed by atoms with Gasteiger partial charge in [-0.3, -0.25) is 19.8 Å². The number of halogens is 2. The Morgan fingerprint density at radius 1 is 1.18 bits per heavy atom. The van der Waals surface area contributed by atoms with Crippen molar-refractivity contribution < 1.29 is 28.2 Å². The zero-order chi connectivity index (χ0) is 28.2. The molecule has 3 aromatic rings. The summed E-state index contributed by atoms with van der Waals surface area (Å²) in [5, 5.41) is 12.3. The monoisotopic (exact) mass is 572 g/mol. The van der Waals surface area contributed by atoms with Crippen LogP contribution in [0, 0.1) is 5.92 Å². The van der Waals surface area contributed by atoms with Crippen LogP contribution < -0.4 is 15.0 Å². The first-order valence-corrected chi connectivity index (χ1v) is 13.9. The zero-order valence-corrected chi connectivity index (χ0v) is 22.8. The maximum Gasteiger partial charge on any atom is 0.306 e. The second-order valence-electron chi connectivity index (χ2n) is 9.89. The van der Waals surface area contributed by atoms with Crippen molar-refractivity contribution in [3.63, 3.8) is 0 Å². The molecule has 4 heterocycles. The van der Waals surface area contributed by atoms with Gasteiger partial charge in [0.1, 0.15) is 30.1 Å². The number of aliphatic carboxylic acids is 1. The molecular formula is C27H30F2N6O4S. The minimum Gasteiger partial charge on any atom is -0.496 e. The molecule has 40 heavy (non-hydrogen) atoms. The van der Waals surface area contributed by atoms with E-state index in [0.717, 1.165) is 4.88 Å². The highest BCUT2D eigenvalue weighted by atomic mass is 32.1. The lowest BCUT2D eigenvalue weighted by Crippen LogP contribution is -2.36. The number of carbonyl (C=O) groups is 2. The van der Waals surface area contributed by atoms with Crippen LogP contribution in [0.1, 0.15) is 40.2 Å². The average Bonchev–Trinajstić information content (AvgIpc) is 3.57. The number of piperidine rings is 1. The zero-order valence-electron chi connectivity index (χ0n) is 22.0. The molecule has 2 N–H and O–H groups in total. The number of hydrogen-bond acceptors (Lipinski definition) is 9. The number of thiazole rings is 1. The van der Waals surface area contributed by atoms with Crippen LogP contribution in [-0.4, -0.2) is 76.3 Å². The third-order valence-electron chi connectivity index (χ3n) is 7.24. The summed E-state index contributed by atoms with van der Waals surface area (Å²) in [5.74, 6) is -0.607. The van der Waals surface area contributed by atoms with Crippen LogP contribution in [0.2, 0.25) is 0 Å². The van der Waals surface area contributed by atoms with E-state index < -0.39 is 24.7 Å². The van der Waals surface area contributed by atoms with Crippen LogP contribution in [0.25, 0.3) is 11.3 Å². The Bertz CT molecular complexity index is 1360. The number of methoxy groups -OCH3 is 1. The number of carboxylic acid groups (broad SMARTS) is 1. The van der Waals surface area contributed by atoms with Crippen LogP contribution in [-0.2, 0) is 18.0 Å². The third-order valence-corrected chi connectivity index (χ3v) is 8.19. The SMILES string of the molecule is COc1ccc(-c2nc(NC(=O)c3cnc(N4CCC(C(=O)O)CC4)cn3)sc2CN2CC[C@@H](F)C2)cc1CF. The van der Waals surface area contributed by atoms with Gasteiger partial charge in [0.2, 0.25) is 0 Å². The van der Waals surface area contributed by atoms with Gasteiger partial charge < -0.3 is 14.7 Å². The van der Waals surface area contributed by atoms with E-state index in [0.29, 0.717) is 85.5 Å². The van der Waals surface area contributed by atoms with Crippen molar-refractivity contribution in [2.24, 2.45) is 5.92 Å². The van der Waals surface area contributed by atoms with E-state index in [1.54, 1.807) is 18.2 Å². The Labute approximate surface area is 234 Å². The van der Waals surface area contributed by atoms with E-state index in [-0.39, 0.29) is 11.6 Å². The lowest BCUT2D eigenvalue weighted by Gasteiger charge is -2.30. The summed E-state index contributed by atoms with van der Waals surface area (Å²) in [6.07, 6.45) is 3.53. The van der Waals surface area contributed by atoms with E-state index in [1.165, 1.54) is 30.8 Å². The summed E-state index contributed by atoms with van der Waals surface area (Å²) in [6.45, 7) is 1.80. The Morgan fingerprint density at radius 3 is 2.60 bits per heavy atom. The number of hydrogen-bond donors (Lipinski definition) is 2. The van der Waals surface area contributed by atoms with Crippen molar-refractivity contribution >= 4 is 34.2 Å². The first kappa shape index (κ1) is 27.8. The van der Waals surface area contributed by atoms with Gasteiger partial charge in [-0.15, -0.1) is 0 Å². The molecule has 0 aliphatic carbocycles. The number of carboxylic acids is 1. The van der Waals surface area contributed by atoms with Gasteiger partial charge in [-0.25, -0.2) is 23.7 Å². The summed E-state index contributed by atoms with van der Waals surface area (Å²) in [5.41, 5.74) is 1.75. The molecule has 0 spiro atoms. The van der Waals surface area contributed by atoms with E-state index >= 15 is 0 Å². The topological polar surface area (TPSA) is 121 Å². The smallest absolute Gasteiger partial charge is 0.306 e. The number of anilines is 2. The number of amides is 1. The number of benzene rings is 1. The van der Waals surface area contributed by atoms with Crippen molar-refractivity contribution in [2.45, 2.75) is 38.7 Å². The molecule has 10 nitrogen and oxygen atoms in total. The van der Waals surface area contributed by atoms with Gasteiger partial charge in [-0.1, -0.05) is 11.3 Å². The Morgan fingerprint density at radius 2 is 1.98 bits per heavy atom. The van der Waals surface area contributed by atoms with E-state index in [2.05, 4.69) is 20.3 Å². The molecule has 5 rings (SSSR count). The fraction of sp³-hybridized carbons (Fsp3) is 0.444. The van der Waals surface area contributed by atoms with Crippen molar-refractivity contribution in [2.75, 3.05) is 43.5 Å². The molecule has 2 aromatic heterocycles. The summed E-state index contributed by atoms with van der Waals surface area (Å²) in [7, 11) is 1.48. The number of ether oxygens (including phenoxy) is 1. The third kappa shape index (κ3) is 6.20. The van der Waals surface area contributed by atoms with Crippen LogP contribution >= 0.6 is 11.3 Å². The minimum atomic E-state index is -0.875. The van der Waals surface area contributed by atoms with Crippen LogP contribution in [0.15, 0.2) is 30.6 Å². The number of likely N-dealkylation sites (tertiary alicyclic amines) is 1. The number of rotatable bonds is 9. The van der Waals surface area contributed by atoms with Crippen molar-refractivity contribution in [1.29, 1.82) is 0 Å². The predicted molar refractivity (Wildman–Crippen MR) is 146 cm³/mol. The number of alkyl halides is 2. The summed E-state index contributed by atoms with van der Waals surface area (Å²) in [6, 6.07) is 5.14. The maximum atomic E-state index is 13.8. The molecule has 2 saturated heterocycles. The van der Waals surface area contributed by atoms with Crippen LogP contribution in [0.3, 0.4) is 0 Å². The van der Waals surface area contributed by atoms with E-state index in [9.17, 15) is 23.5 Å². The predicted octanol–water partition coefficient (Wildman–Crippen LogP) is 4.18. The molecule has 2 aliphatic heterocycles. The number of carbonyl (C=O) groups excluding carboxylic acids is 1. The highest BCUT2D eigenvalue weighted by molar-refractivity contribution is 7.16. The van der Waals surface area contributed by atoms with E-state index in [4.69, 9.17) is 4.74 Å². The second-order valence-corrected chi connectivity index (χ2v) is 11.0. The van der Waals surface area contributed by atoms with Gasteiger partial charge in [0.15, 0.2) is 5.13 Å². The highest BCUT2D eigenvalue weighted by Crippen LogP contribution is 2.35. The van der Waals surface area contributed by atoms with Gasteiger partial charge >= 0.3 is 5.97 Å². The molecule has 212 valence electrons. The molecule has 13 heteroatoms. The minimum absolute atomic E-state index is 0.103. The van der Waals surface area contributed by atoms with Gasteiger partial charge in [0.25, 0.3) is 5.91 Å². The molecule has 1 atom stereocenters. The fourth-order valence-electron chi connectivity index (χ4n) is 5.02. The number of aromatic nitrogens is 3. The molecule has 0 bridgehead atoms. The quantitative estimate of drug-likeness (QED) is 0.389. The number of nitrogens with zero attached hydrogens (tertiary/aromatic N) is 5. The molecule has 0 radical (unpaired) electrons. The first-order chi connectivity index (χ1) is 19.3. The molecule has 1 aromatic carbocycles. The Balaban J connectivity index is 1.33. The Kier molecular flexibility index (Phi) is 8.50. The van der Waals surface area contributed by atoms with Crippen molar-refractivity contribution in [3.8, 4) is 17.0 Å². The summed E-state index contributed by atoms with van der Waals surface area (Å²) in [4.78, 5) is 42.2. The summed E-state index contributed by atoms with van der Waals surface area (Å²) >= 11 is 1.28. The highest BCUT2D eigenvalue weighted by Gasteiger charge is 2.27. The molecule has 0 unspecified atom stereocenters. The number of nitrogens with one attached hydrogen (secondary N) is 1. The molecule has 1 amide bonds. The van der Waals surface area contributed by atoms with Gasteiger partial charge in [0, 0.05) is 48.7 Å². The molecular weight excluding hydrogens is 542 g/mol. The second kappa shape index (κ2) is 12.2. The van der Waals surface area contributed by atoms with Crippen molar-refractivity contribution in [1.82, 2.24) is 19.9 Å². The van der Waals surface area contributed by atoms with Crippen LogP contribution in [0.5, 0.6) is 5.75 Å². The lowest BCUT2D eigenvalue weighted by atomic mass is 9.97. The van der Waals surface area contributed by atoms with Crippen molar-refractivity contribution in [3.05, 3.63) is 46.7 Å². The average molecular weight is 573 g/mol. The maximum absolute atomic E-state index is 13.8. The molecule has 2 fully saturated rings. The van der Waals surface area contributed by atoms with Gasteiger partial charge in [0.05, 0.1) is 31.1 Å². The summed E-state index contributed by atoms with van der Waals surface area (Å²) < 4.78 is 32.7. The molecule has 2 aliphatic rings. The van der Waals surface area contributed by atoms with Gasteiger partial charge in [-0.2, -0.15) is 0 Å². The Hall–Kier alpha value is -3.71. The van der Waals surface area contributed by atoms with Crippen LogP contribution in [0.4, 0.5) is 19.7 Å².